The first-order valence-electron chi connectivity index (χ1n) is 10.4. The van der Waals surface area contributed by atoms with Crippen LogP contribution < -0.4 is 9.80 Å². The highest BCUT2D eigenvalue weighted by Crippen LogP contribution is 2.18. The van der Waals surface area contributed by atoms with E-state index in [0.29, 0.717) is 6.42 Å². The number of aryl methyl sites for hydroxylation is 2. The van der Waals surface area contributed by atoms with E-state index in [9.17, 15) is 4.79 Å². The number of hydrogen-bond donors (Lipinski definition) is 0. The Kier molecular flexibility index (Phi) is 6.90. The van der Waals surface area contributed by atoms with Crippen LogP contribution in [0.3, 0.4) is 0 Å². The molecule has 1 aromatic carbocycles. The Morgan fingerprint density at radius 3 is 2.36 bits per heavy atom. The maximum atomic E-state index is 12.7. The Bertz CT molecular complexity index is 762. The van der Waals surface area contributed by atoms with Gasteiger partial charge in [-0.2, -0.15) is 0 Å². The Labute approximate surface area is 169 Å². The molecule has 1 fully saturated rings. The van der Waals surface area contributed by atoms with Crippen LogP contribution >= 0.6 is 0 Å². The molecule has 0 radical (unpaired) electrons. The summed E-state index contributed by atoms with van der Waals surface area (Å²) in [7, 11) is 0. The standard InChI is InChI=1S/C23H32N4O/c1-4-25(5-2)22-18-20(12-13-24-22)8-11-23(28)27-16-14-26(15-17-27)21-9-6-19(3)7-10-21/h6-7,9-10,12-13,18H,4-5,8,11,14-17H2,1-3H3. The molecule has 0 unspecified atom stereocenters. The predicted octanol–water partition coefficient (Wildman–Crippen LogP) is 3.52. The zero-order valence-corrected chi connectivity index (χ0v) is 17.4. The van der Waals surface area contributed by atoms with Crippen LogP contribution in [0.2, 0.25) is 0 Å². The van der Waals surface area contributed by atoms with Gasteiger partial charge in [-0.15, -0.1) is 0 Å². The molecule has 0 aliphatic carbocycles. The van der Waals surface area contributed by atoms with Gasteiger partial charge in [0.1, 0.15) is 5.82 Å². The van der Waals surface area contributed by atoms with Gasteiger partial charge >= 0.3 is 0 Å². The van der Waals surface area contributed by atoms with Crippen LogP contribution in [-0.2, 0) is 11.2 Å². The lowest BCUT2D eigenvalue weighted by atomic mass is 10.1. The van der Waals surface area contributed by atoms with E-state index in [0.717, 1.165) is 51.5 Å². The SMILES string of the molecule is CCN(CC)c1cc(CCC(=O)N2CCN(c3ccc(C)cc3)CC2)ccn1. The maximum Gasteiger partial charge on any atom is 0.223 e. The second kappa shape index (κ2) is 9.58. The number of amides is 1. The third-order valence-electron chi connectivity index (χ3n) is 5.56. The van der Waals surface area contributed by atoms with Gasteiger partial charge in [0, 0.05) is 57.6 Å². The van der Waals surface area contributed by atoms with Crippen molar-refractivity contribution in [2.75, 3.05) is 49.1 Å². The van der Waals surface area contributed by atoms with Crippen LogP contribution in [0.1, 0.15) is 31.4 Å². The molecule has 5 heteroatoms. The number of aromatic nitrogens is 1. The van der Waals surface area contributed by atoms with Crippen LogP contribution in [0.4, 0.5) is 11.5 Å². The molecule has 2 heterocycles. The molecule has 1 aromatic heterocycles. The topological polar surface area (TPSA) is 39.7 Å². The van der Waals surface area contributed by atoms with E-state index in [1.165, 1.54) is 16.8 Å². The number of carbonyl (C=O) groups excluding carboxylic acids is 1. The number of piperazine rings is 1. The molecule has 0 bridgehead atoms. The Morgan fingerprint density at radius 2 is 1.71 bits per heavy atom. The summed E-state index contributed by atoms with van der Waals surface area (Å²) < 4.78 is 0. The number of anilines is 2. The van der Waals surface area contributed by atoms with Crippen molar-refractivity contribution in [3.63, 3.8) is 0 Å². The summed E-state index contributed by atoms with van der Waals surface area (Å²) in [6, 6.07) is 12.8. The van der Waals surface area contributed by atoms with E-state index >= 15 is 0 Å². The molecule has 0 saturated carbocycles. The van der Waals surface area contributed by atoms with Crippen molar-refractivity contribution < 1.29 is 4.79 Å². The first-order chi connectivity index (χ1) is 13.6. The van der Waals surface area contributed by atoms with E-state index in [1.807, 2.05) is 17.2 Å². The lowest BCUT2D eigenvalue weighted by Gasteiger charge is -2.36. The minimum Gasteiger partial charge on any atom is -0.368 e. The van der Waals surface area contributed by atoms with Gasteiger partial charge in [-0.1, -0.05) is 17.7 Å². The maximum absolute atomic E-state index is 12.7. The lowest BCUT2D eigenvalue weighted by molar-refractivity contribution is -0.131. The van der Waals surface area contributed by atoms with Crippen LogP contribution in [0.15, 0.2) is 42.6 Å². The van der Waals surface area contributed by atoms with E-state index in [2.05, 4.69) is 65.9 Å². The van der Waals surface area contributed by atoms with Crippen molar-refractivity contribution in [2.24, 2.45) is 0 Å². The van der Waals surface area contributed by atoms with Crippen molar-refractivity contribution in [3.05, 3.63) is 53.7 Å². The molecule has 2 aromatic rings. The number of hydrogen-bond acceptors (Lipinski definition) is 4. The molecular weight excluding hydrogens is 348 g/mol. The number of rotatable bonds is 7. The molecule has 0 spiro atoms. The summed E-state index contributed by atoms with van der Waals surface area (Å²) in [4.78, 5) is 23.7. The van der Waals surface area contributed by atoms with Gasteiger partial charge in [0.2, 0.25) is 5.91 Å². The number of carbonyl (C=O) groups is 1. The summed E-state index contributed by atoms with van der Waals surface area (Å²) in [5.74, 6) is 1.26. The zero-order chi connectivity index (χ0) is 19.9. The van der Waals surface area contributed by atoms with Gasteiger partial charge < -0.3 is 14.7 Å². The molecule has 0 atom stereocenters. The highest BCUT2D eigenvalue weighted by molar-refractivity contribution is 5.76. The van der Waals surface area contributed by atoms with Gasteiger partial charge in [-0.25, -0.2) is 4.98 Å². The number of benzene rings is 1. The van der Waals surface area contributed by atoms with Crippen molar-refractivity contribution in [3.8, 4) is 0 Å². The van der Waals surface area contributed by atoms with E-state index in [1.54, 1.807) is 0 Å². The second-order valence-electron chi connectivity index (χ2n) is 7.40. The Morgan fingerprint density at radius 1 is 1.04 bits per heavy atom. The van der Waals surface area contributed by atoms with E-state index in [-0.39, 0.29) is 5.91 Å². The minimum atomic E-state index is 0.254. The molecule has 0 N–H and O–H groups in total. The van der Waals surface area contributed by atoms with Crippen molar-refractivity contribution in [1.82, 2.24) is 9.88 Å². The first kappa shape index (κ1) is 20.2. The highest BCUT2D eigenvalue weighted by atomic mass is 16.2. The monoisotopic (exact) mass is 380 g/mol. The smallest absolute Gasteiger partial charge is 0.223 e. The summed E-state index contributed by atoms with van der Waals surface area (Å²) in [6.45, 7) is 11.7. The van der Waals surface area contributed by atoms with Crippen molar-refractivity contribution >= 4 is 17.4 Å². The molecular formula is C23H32N4O. The zero-order valence-electron chi connectivity index (χ0n) is 17.4. The predicted molar refractivity (Wildman–Crippen MR) is 116 cm³/mol. The summed E-state index contributed by atoms with van der Waals surface area (Å²) in [6.07, 6.45) is 3.19. The fourth-order valence-corrected chi connectivity index (χ4v) is 3.72. The molecule has 150 valence electrons. The lowest BCUT2D eigenvalue weighted by Crippen LogP contribution is -2.48. The third-order valence-corrected chi connectivity index (χ3v) is 5.56. The van der Waals surface area contributed by atoms with Crippen LogP contribution in [0, 0.1) is 6.92 Å². The fraction of sp³-hybridized carbons (Fsp3) is 0.478. The number of nitrogens with zero attached hydrogens (tertiary/aromatic N) is 4. The molecule has 28 heavy (non-hydrogen) atoms. The number of pyridine rings is 1. The van der Waals surface area contributed by atoms with E-state index < -0.39 is 0 Å². The normalized spacial score (nSPS) is 14.2. The van der Waals surface area contributed by atoms with Gasteiger partial charge in [0.15, 0.2) is 0 Å². The molecule has 1 aliphatic heterocycles. The highest BCUT2D eigenvalue weighted by Gasteiger charge is 2.21. The van der Waals surface area contributed by atoms with E-state index in [4.69, 9.17) is 0 Å². The average Bonchev–Trinajstić information content (AvgIpc) is 2.74. The van der Waals surface area contributed by atoms with Gasteiger partial charge in [0.05, 0.1) is 0 Å². The molecule has 1 saturated heterocycles. The summed E-state index contributed by atoms with van der Waals surface area (Å²) >= 11 is 0. The Balaban J connectivity index is 1.50. The quantitative estimate of drug-likeness (QED) is 0.737. The van der Waals surface area contributed by atoms with Crippen molar-refractivity contribution in [1.29, 1.82) is 0 Å². The van der Waals surface area contributed by atoms with Crippen LogP contribution in [0.5, 0.6) is 0 Å². The molecule has 3 rings (SSSR count). The van der Waals surface area contributed by atoms with Crippen LogP contribution in [0.25, 0.3) is 0 Å². The summed E-state index contributed by atoms with van der Waals surface area (Å²) in [5.41, 5.74) is 3.71. The molecule has 5 nitrogen and oxygen atoms in total. The summed E-state index contributed by atoms with van der Waals surface area (Å²) in [5, 5.41) is 0. The van der Waals surface area contributed by atoms with Crippen molar-refractivity contribution in [2.45, 2.75) is 33.6 Å². The van der Waals surface area contributed by atoms with Gasteiger partial charge in [0.25, 0.3) is 0 Å². The molecule has 1 aliphatic rings. The minimum absolute atomic E-state index is 0.254. The van der Waals surface area contributed by atoms with Crippen LogP contribution in [-0.4, -0.2) is 55.1 Å². The second-order valence-corrected chi connectivity index (χ2v) is 7.40. The fourth-order valence-electron chi connectivity index (χ4n) is 3.72. The van der Waals surface area contributed by atoms with Gasteiger partial charge in [-0.3, -0.25) is 4.79 Å². The Hall–Kier alpha value is -2.56. The average molecular weight is 381 g/mol. The van der Waals surface area contributed by atoms with Gasteiger partial charge in [-0.05, 0) is 57.0 Å². The molecule has 1 amide bonds. The largest absolute Gasteiger partial charge is 0.368 e. The first-order valence-corrected chi connectivity index (χ1v) is 10.4. The third kappa shape index (κ3) is 5.03.